The monoisotopic (exact) mass is 432 g/mol. The van der Waals surface area contributed by atoms with Crippen LogP contribution in [-0.4, -0.2) is 18.1 Å². The molecule has 2 N–H and O–H groups in total. The summed E-state index contributed by atoms with van der Waals surface area (Å²) in [5.74, 6) is 1.47. The van der Waals surface area contributed by atoms with E-state index >= 15 is 0 Å². The number of benzene rings is 3. The van der Waals surface area contributed by atoms with Gasteiger partial charge in [-0.3, -0.25) is 0 Å². The van der Waals surface area contributed by atoms with Crippen molar-refractivity contribution in [3.8, 4) is 11.5 Å². The molecule has 1 atom stereocenters. The highest BCUT2D eigenvalue weighted by Gasteiger charge is 2.26. The van der Waals surface area contributed by atoms with E-state index in [4.69, 9.17) is 21.1 Å². The van der Waals surface area contributed by atoms with E-state index in [1.54, 1.807) is 0 Å². The summed E-state index contributed by atoms with van der Waals surface area (Å²) in [6.07, 6.45) is 1.02. The fraction of sp³-hybridized carbons (Fsp3) is 0.231. The molecule has 2 heterocycles. The van der Waals surface area contributed by atoms with Crippen LogP contribution in [0.25, 0.3) is 10.9 Å². The lowest BCUT2D eigenvalue weighted by atomic mass is 9.94. The highest BCUT2D eigenvalue weighted by molar-refractivity contribution is 6.31. The zero-order valence-corrected chi connectivity index (χ0v) is 18.2. The lowest BCUT2D eigenvalue weighted by Crippen LogP contribution is -2.30. The molecule has 0 saturated carbocycles. The van der Waals surface area contributed by atoms with E-state index in [9.17, 15) is 0 Å². The standard InChI is InChI=1S/C26H25ClN2O2/c1-2-30-24-15-17(11-12-23(24)31-16-18-7-3-5-9-21(18)27)25-26-20(13-14-28-25)19-8-4-6-10-22(19)29-26/h3-12,15,25,28-29H,2,13-14,16H2,1H3. The van der Waals surface area contributed by atoms with Crippen molar-refractivity contribution in [2.75, 3.05) is 13.2 Å². The number of rotatable bonds is 6. The third-order valence-electron chi connectivity index (χ3n) is 5.80. The number of aromatic nitrogens is 1. The first kappa shape index (κ1) is 20.0. The van der Waals surface area contributed by atoms with Crippen LogP contribution in [0.2, 0.25) is 5.02 Å². The lowest BCUT2D eigenvalue weighted by molar-refractivity contribution is 0.269. The first-order chi connectivity index (χ1) is 15.2. The van der Waals surface area contributed by atoms with Crippen molar-refractivity contribution >= 4 is 22.5 Å². The molecular weight excluding hydrogens is 408 g/mol. The molecule has 1 aliphatic heterocycles. The Kier molecular flexibility index (Phi) is 5.58. The maximum Gasteiger partial charge on any atom is 0.161 e. The number of aromatic amines is 1. The van der Waals surface area contributed by atoms with Gasteiger partial charge in [-0.2, -0.15) is 0 Å². The van der Waals surface area contributed by atoms with Crippen LogP contribution < -0.4 is 14.8 Å². The fourth-order valence-electron chi connectivity index (χ4n) is 4.33. The Morgan fingerprint density at radius 3 is 2.68 bits per heavy atom. The summed E-state index contributed by atoms with van der Waals surface area (Å²) in [5.41, 5.74) is 5.93. The van der Waals surface area contributed by atoms with Gasteiger partial charge in [0.25, 0.3) is 0 Å². The average molecular weight is 433 g/mol. The van der Waals surface area contributed by atoms with Crippen LogP contribution >= 0.6 is 11.6 Å². The van der Waals surface area contributed by atoms with Crippen molar-refractivity contribution in [2.24, 2.45) is 0 Å². The molecule has 158 valence electrons. The van der Waals surface area contributed by atoms with Crippen LogP contribution in [0, 0.1) is 0 Å². The zero-order valence-electron chi connectivity index (χ0n) is 17.5. The first-order valence-corrected chi connectivity index (χ1v) is 11.1. The summed E-state index contributed by atoms with van der Waals surface area (Å²) in [6.45, 7) is 3.89. The smallest absolute Gasteiger partial charge is 0.161 e. The number of H-pyrrole nitrogens is 1. The Morgan fingerprint density at radius 2 is 1.81 bits per heavy atom. The van der Waals surface area contributed by atoms with Gasteiger partial charge in [0, 0.05) is 33.7 Å². The van der Waals surface area contributed by atoms with Crippen molar-refractivity contribution < 1.29 is 9.47 Å². The number of hydrogen-bond acceptors (Lipinski definition) is 3. The Bertz CT molecular complexity index is 1220. The van der Waals surface area contributed by atoms with E-state index in [2.05, 4.69) is 46.7 Å². The molecule has 0 saturated heterocycles. The van der Waals surface area contributed by atoms with Gasteiger partial charge in [0.15, 0.2) is 11.5 Å². The van der Waals surface area contributed by atoms with Gasteiger partial charge in [0.05, 0.1) is 12.6 Å². The summed E-state index contributed by atoms with van der Waals surface area (Å²) < 4.78 is 12.0. The third kappa shape index (κ3) is 3.89. The Balaban J connectivity index is 1.46. The highest BCUT2D eigenvalue weighted by atomic mass is 35.5. The van der Waals surface area contributed by atoms with Gasteiger partial charge in [-0.05, 0) is 48.7 Å². The second-order valence-electron chi connectivity index (χ2n) is 7.72. The topological polar surface area (TPSA) is 46.3 Å². The molecule has 4 nitrogen and oxygen atoms in total. The van der Waals surface area contributed by atoms with Gasteiger partial charge in [0.2, 0.25) is 0 Å². The van der Waals surface area contributed by atoms with Crippen LogP contribution in [-0.2, 0) is 13.0 Å². The molecule has 0 fully saturated rings. The minimum atomic E-state index is 0.0907. The van der Waals surface area contributed by atoms with Crippen LogP contribution in [0.3, 0.4) is 0 Å². The van der Waals surface area contributed by atoms with Gasteiger partial charge in [-0.15, -0.1) is 0 Å². The Morgan fingerprint density at radius 1 is 0.968 bits per heavy atom. The second kappa shape index (κ2) is 8.66. The molecule has 0 spiro atoms. The average Bonchev–Trinajstić information content (AvgIpc) is 3.18. The van der Waals surface area contributed by atoms with Crippen LogP contribution in [0.4, 0.5) is 0 Å². The molecule has 0 amide bonds. The highest BCUT2D eigenvalue weighted by Crippen LogP contribution is 2.37. The molecule has 31 heavy (non-hydrogen) atoms. The molecule has 0 aliphatic carbocycles. The van der Waals surface area contributed by atoms with Gasteiger partial charge >= 0.3 is 0 Å². The minimum Gasteiger partial charge on any atom is -0.490 e. The number of nitrogens with one attached hydrogen (secondary N) is 2. The van der Waals surface area contributed by atoms with Gasteiger partial charge in [-0.25, -0.2) is 0 Å². The van der Waals surface area contributed by atoms with Crippen molar-refractivity contribution in [1.29, 1.82) is 0 Å². The summed E-state index contributed by atoms with van der Waals surface area (Å²) in [4.78, 5) is 3.63. The van der Waals surface area contributed by atoms with Crippen molar-refractivity contribution in [2.45, 2.75) is 26.0 Å². The van der Waals surface area contributed by atoms with Gasteiger partial charge < -0.3 is 19.8 Å². The number of para-hydroxylation sites is 1. The number of fused-ring (bicyclic) bond motifs is 3. The summed E-state index contributed by atoms with van der Waals surface area (Å²) in [7, 11) is 0. The largest absolute Gasteiger partial charge is 0.490 e. The SMILES string of the molecule is CCOc1cc(C2NCCc3c2[nH]c2ccccc32)ccc1OCc1ccccc1Cl. The number of halogens is 1. The molecule has 4 aromatic rings. The van der Waals surface area contributed by atoms with E-state index in [0.717, 1.165) is 35.6 Å². The van der Waals surface area contributed by atoms with E-state index < -0.39 is 0 Å². The van der Waals surface area contributed by atoms with Gasteiger partial charge in [0.1, 0.15) is 6.61 Å². The molecule has 1 unspecified atom stereocenters. The predicted octanol–water partition coefficient (Wildman–Crippen LogP) is 6.03. The minimum absolute atomic E-state index is 0.0907. The number of ether oxygens (including phenoxy) is 2. The van der Waals surface area contributed by atoms with E-state index in [0.29, 0.717) is 18.2 Å². The normalized spacial score (nSPS) is 15.6. The number of hydrogen-bond donors (Lipinski definition) is 2. The maximum absolute atomic E-state index is 6.28. The molecule has 1 aliphatic rings. The molecular formula is C26H25ClN2O2. The van der Waals surface area contributed by atoms with Crippen molar-refractivity contribution in [1.82, 2.24) is 10.3 Å². The Hall–Kier alpha value is -2.95. The van der Waals surface area contributed by atoms with E-state index in [1.165, 1.54) is 22.2 Å². The molecule has 0 radical (unpaired) electrons. The molecule has 5 heteroatoms. The maximum atomic E-state index is 6.28. The van der Waals surface area contributed by atoms with Crippen LogP contribution in [0.15, 0.2) is 66.7 Å². The van der Waals surface area contributed by atoms with Crippen LogP contribution in [0.1, 0.15) is 35.3 Å². The summed E-state index contributed by atoms with van der Waals surface area (Å²) in [5, 5.41) is 5.68. The Labute approximate surface area is 187 Å². The van der Waals surface area contributed by atoms with E-state index in [-0.39, 0.29) is 6.04 Å². The summed E-state index contributed by atoms with van der Waals surface area (Å²) >= 11 is 6.28. The molecule has 1 aromatic heterocycles. The van der Waals surface area contributed by atoms with Crippen LogP contribution in [0.5, 0.6) is 11.5 Å². The predicted molar refractivity (Wildman–Crippen MR) is 125 cm³/mol. The second-order valence-corrected chi connectivity index (χ2v) is 8.13. The summed E-state index contributed by atoms with van der Waals surface area (Å²) in [6, 6.07) is 22.5. The van der Waals surface area contributed by atoms with E-state index in [1.807, 2.05) is 37.3 Å². The third-order valence-corrected chi connectivity index (χ3v) is 6.17. The van der Waals surface area contributed by atoms with Crippen molar-refractivity contribution in [3.63, 3.8) is 0 Å². The van der Waals surface area contributed by atoms with Gasteiger partial charge in [-0.1, -0.05) is 54.1 Å². The quantitative estimate of drug-likeness (QED) is 0.390. The zero-order chi connectivity index (χ0) is 21.2. The fourth-order valence-corrected chi connectivity index (χ4v) is 4.52. The van der Waals surface area contributed by atoms with Crippen molar-refractivity contribution in [3.05, 3.63) is 94.1 Å². The molecule has 5 rings (SSSR count). The lowest BCUT2D eigenvalue weighted by Gasteiger charge is -2.25. The molecule has 0 bridgehead atoms. The first-order valence-electron chi connectivity index (χ1n) is 10.7. The molecule has 3 aromatic carbocycles.